The maximum atomic E-state index is 13.4. The van der Waals surface area contributed by atoms with Gasteiger partial charge in [-0.25, -0.2) is 14.4 Å². The Morgan fingerprint density at radius 3 is 2.63 bits per heavy atom. The average Bonchev–Trinajstić information content (AvgIpc) is 3.09. The van der Waals surface area contributed by atoms with Gasteiger partial charge in [-0.3, -0.25) is 0 Å². The van der Waals surface area contributed by atoms with Gasteiger partial charge < -0.3 is 9.88 Å². The molecule has 27 heavy (non-hydrogen) atoms. The van der Waals surface area contributed by atoms with Crippen LogP contribution in [0.4, 0.5) is 4.39 Å². The van der Waals surface area contributed by atoms with Crippen molar-refractivity contribution in [2.75, 3.05) is 0 Å². The highest BCUT2D eigenvalue weighted by molar-refractivity contribution is 6.29. The summed E-state index contributed by atoms with van der Waals surface area (Å²) >= 11 is 5.98. The molecular weight excluding hydrogens is 363 g/mol. The minimum absolute atomic E-state index is 0.0380. The van der Waals surface area contributed by atoms with Crippen LogP contribution in [0, 0.1) is 5.82 Å². The highest BCUT2D eigenvalue weighted by atomic mass is 35.5. The Morgan fingerprint density at radius 1 is 1.00 bits per heavy atom. The molecule has 136 valence electrons. The Morgan fingerprint density at radius 2 is 1.81 bits per heavy atom. The van der Waals surface area contributed by atoms with Crippen LogP contribution in [-0.2, 0) is 13.1 Å². The number of hydrogen-bond acceptors (Lipinski definition) is 3. The quantitative estimate of drug-likeness (QED) is 0.490. The number of hydrogen-bond donors (Lipinski definition) is 1. The van der Waals surface area contributed by atoms with Gasteiger partial charge in [0, 0.05) is 13.1 Å². The van der Waals surface area contributed by atoms with E-state index in [-0.39, 0.29) is 11.9 Å². The number of nitrogens with zero attached hydrogens (tertiary/aromatic N) is 3. The molecular formula is C21H18ClFN4. The van der Waals surface area contributed by atoms with E-state index in [0.29, 0.717) is 18.2 Å². The molecule has 6 heteroatoms. The predicted molar refractivity (Wildman–Crippen MR) is 105 cm³/mol. The Hall–Kier alpha value is -2.76. The molecule has 4 nitrogen and oxygen atoms in total. The van der Waals surface area contributed by atoms with E-state index in [9.17, 15) is 4.39 Å². The molecule has 0 fully saturated rings. The molecule has 0 aliphatic rings. The summed E-state index contributed by atoms with van der Waals surface area (Å²) in [6.45, 7) is 1.21. The Bertz CT molecular complexity index is 1050. The van der Waals surface area contributed by atoms with Crippen molar-refractivity contribution in [2.45, 2.75) is 19.1 Å². The molecule has 0 radical (unpaired) electrons. The monoisotopic (exact) mass is 380 g/mol. The van der Waals surface area contributed by atoms with E-state index in [2.05, 4.69) is 19.9 Å². The van der Waals surface area contributed by atoms with Crippen molar-refractivity contribution in [2.24, 2.45) is 0 Å². The van der Waals surface area contributed by atoms with Gasteiger partial charge in [0.05, 0.1) is 29.1 Å². The predicted octanol–water partition coefficient (Wildman–Crippen LogP) is 4.75. The third kappa shape index (κ3) is 4.15. The molecule has 2 aromatic carbocycles. The van der Waals surface area contributed by atoms with Gasteiger partial charge in [0.25, 0.3) is 0 Å². The van der Waals surface area contributed by atoms with Crippen molar-refractivity contribution >= 4 is 22.6 Å². The summed E-state index contributed by atoms with van der Waals surface area (Å²) in [6, 6.07) is 20.1. The SMILES string of the molecule is Fc1ccc([C@@H](Cn2cnc3ccccc32)NCc2cccc(Cl)n2)cc1. The van der Waals surface area contributed by atoms with Gasteiger partial charge >= 0.3 is 0 Å². The van der Waals surface area contributed by atoms with Crippen LogP contribution in [0.25, 0.3) is 11.0 Å². The second-order valence-corrected chi connectivity index (χ2v) is 6.71. The van der Waals surface area contributed by atoms with Gasteiger partial charge in [0.1, 0.15) is 11.0 Å². The summed E-state index contributed by atoms with van der Waals surface area (Å²) in [5.41, 5.74) is 3.86. The summed E-state index contributed by atoms with van der Waals surface area (Å²) in [7, 11) is 0. The lowest BCUT2D eigenvalue weighted by atomic mass is 10.1. The maximum absolute atomic E-state index is 13.4. The molecule has 0 unspecified atom stereocenters. The summed E-state index contributed by atoms with van der Waals surface area (Å²) in [5, 5.41) is 3.98. The standard InChI is InChI=1S/C21H18ClFN4/c22-21-7-3-4-17(26-21)12-24-19(15-8-10-16(23)11-9-15)13-27-14-25-18-5-1-2-6-20(18)27/h1-11,14,19,24H,12-13H2/t19-/m1/s1. The fourth-order valence-electron chi connectivity index (χ4n) is 3.11. The van der Waals surface area contributed by atoms with Crippen LogP contribution < -0.4 is 5.32 Å². The molecule has 2 heterocycles. The van der Waals surface area contributed by atoms with Crippen molar-refractivity contribution in [1.82, 2.24) is 19.9 Å². The van der Waals surface area contributed by atoms with Crippen LogP contribution in [0.2, 0.25) is 5.15 Å². The van der Waals surface area contributed by atoms with Gasteiger partial charge in [-0.05, 0) is 42.0 Å². The first-order valence-corrected chi connectivity index (χ1v) is 9.07. The molecule has 0 spiro atoms. The lowest BCUT2D eigenvalue weighted by Crippen LogP contribution is -2.25. The first kappa shape index (κ1) is 17.6. The summed E-state index contributed by atoms with van der Waals surface area (Å²) in [4.78, 5) is 8.78. The van der Waals surface area contributed by atoms with Crippen molar-refractivity contribution in [3.63, 3.8) is 0 Å². The molecule has 4 aromatic rings. The van der Waals surface area contributed by atoms with E-state index in [0.717, 1.165) is 22.3 Å². The van der Waals surface area contributed by atoms with Crippen LogP contribution in [-0.4, -0.2) is 14.5 Å². The molecule has 1 N–H and O–H groups in total. The van der Waals surface area contributed by atoms with E-state index >= 15 is 0 Å². The maximum Gasteiger partial charge on any atom is 0.129 e. The second-order valence-electron chi connectivity index (χ2n) is 6.32. The van der Waals surface area contributed by atoms with Gasteiger partial charge in [0.15, 0.2) is 0 Å². The number of nitrogens with one attached hydrogen (secondary N) is 1. The molecule has 0 saturated carbocycles. The lowest BCUT2D eigenvalue weighted by molar-refractivity contribution is 0.464. The molecule has 1 atom stereocenters. The van der Waals surface area contributed by atoms with Crippen LogP contribution in [0.15, 0.2) is 73.1 Å². The molecule has 0 saturated heterocycles. The minimum atomic E-state index is -0.248. The van der Waals surface area contributed by atoms with Crippen LogP contribution in [0.1, 0.15) is 17.3 Å². The second kappa shape index (κ2) is 7.86. The summed E-state index contributed by atoms with van der Waals surface area (Å²) in [6.07, 6.45) is 1.83. The topological polar surface area (TPSA) is 42.7 Å². The number of rotatable bonds is 6. The normalized spacial score (nSPS) is 12.4. The zero-order valence-electron chi connectivity index (χ0n) is 14.5. The molecule has 0 aliphatic heterocycles. The van der Waals surface area contributed by atoms with Crippen LogP contribution >= 0.6 is 11.6 Å². The zero-order valence-corrected chi connectivity index (χ0v) is 15.3. The fraction of sp³-hybridized carbons (Fsp3) is 0.143. The number of benzene rings is 2. The summed E-state index contributed by atoms with van der Waals surface area (Å²) < 4.78 is 15.5. The first-order chi connectivity index (χ1) is 13.2. The van der Waals surface area contributed by atoms with Crippen molar-refractivity contribution < 1.29 is 4.39 Å². The number of imidazole rings is 1. The lowest BCUT2D eigenvalue weighted by Gasteiger charge is -2.20. The third-order valence-corrected chi connectivity index (χ3v) is 4.69. The van der Waals surface area contributed by atoms with Crippen molar-refractivity contribution in [3.05, 3.63) is 95.3 Å². The zero-order chi connectivity index (χ0) is 18.6. The number of halogens is 2. The number of fused-ring (bicyclic) bond motifs is 1. The molecule has 2 aromatic heterocycles. The molecule has 0 aliphatic carbocycles. The van der Waals surface area contributed by atoms with Crippen LogP contribution in [0.3, 0.4) is 0 Å². The van der Waals surface area contributed by atoms with Crippen LogP contribution in [0.5, 0.6) is 0 Å². The fourth-order valence-corrected chi connectivity index (χ4v) is 3.29. The van der Waals surface area contributed by atoms with E-state index < -0.39 is 0 Å². The number of aromatic nitrogens is 3. The van der Waals surface area contributed by atoms with E-state index in [1.165, 1.54) is 12.1 Å². The van der Waals surface area contributed by atoms with E-state index in [1.807, 2.05) is 42.7 Å². The van der Waals surface area contributed by atoms with Gasteiger partial charge in [0.2, 0.25) is 0 Å². The largest absolute Gasteiger partial charge is 0.329 e. The highest BCUT2D eigenvalue weighted by Gasteiger charge is 2.14. The number of pyridine rings is 1. The van der Waals surface area contributed by atoms with E-state index in [1.54, 1.807) is 18.2 Å². The van der Waals surface area contributed by atoms with Crippen molar-refractivity contribution in [3.8, 4) is 0 Å². The highest BCUT2D eigenvalue weighted by Crippen LogP contribution is 2.20. The van der Waals surface area contributed by atoms with E-state index in [4.69, 9.17) is 11.6 Å². The van der Waals surface area contributed by atoms with Gasteiger partial charge in [-0.2, -0.15) is 0 Å². The Labute approximate surface area is 161 Å². The first-order valence-electron chi connectivity index (χ1n) is 8.69. The summed E-state index contributed by atoms with van der Waals surface area (Å²) in [5.74, 6) is -0.248. The van der Waals surface area contributed by atoms with Crippen molar-refractivity contribution in [1.29, 1.82) is 0 Å². The van der Waals surface area contributed by atoms with Gasteiger partial charge in [-0.15, -0.1) is 0 Å². The average molecular weight is 381 g/mol. The third-order valence-electron chi connectivity index (χ3n) is 4.48. The number of para-hydroxylation sites is 2. The molecule has 0 bridgehead atoms. The Balaban J connectivity index is 1.60. The molecule has 0 amide bonds. The van der Waals surface area contributed by atoms with Gasteiger partial charge in [-0.1, -0.05) is 41.9 Å². The Kier molecular flexibility index (Phi) is 5.14. The molecule has 4 rings (SSSR count). The smallest absolute Gasteiger partial charge is 0.129 e. The minimum Gasteiger partial charge on any atom is -0.329 e.